The minimum Gasteiger partial charge on any atom is -0.495 e. The number of nitrogens with zero attached hydrogens (tertiary/aromatic N) is 1. The van der Waals surface area contributed by atoms with Crippen LogP contribution in [-0.4, -0.2) is 46.1 Å². The largest absolute Gasteiger partial charge is 0.495 e. The summed E-state index contributed by atoms with van der Waals surface area (Å²) in [5.41, 5.74) is 0.635. The number of anilines is 1. The highest BCUT2D eigenvalue weighted by Crippen LogP contribution is 2.25. The Balaban J connectivity index is 1.48. The maximum atomic E-state index is 12.5. The SMILES string of the molecule is COc1ccccc1NC(=O)N1CCC(CNS(=O)(=O)c2ccc(C)s2)CC1. The van der Waals surface area contributed by atoms with E-state index in [0.29, 0.717) is 35.3 Å². The number of carbonyl (C=O) groups excluding carboxylic acids is 1. The van der Waals surface area contributed by atoms with Gasteiger partial charge >= 0.3 is 6.03 Å². The first kappa shape index (κ1) is 20.6. The minimum absolute atomic E-state index is 0.169. The molecule has 0 unspecified atom stereocenters. The monoisotopic (exact) mass is 423 g/mol. The molecular weight excluding hydrogens is 398 g/mol. The number of amides is 2. The number of methoxy groups -OCH3 is 1. The number of para-hydroxylation sites is 2. The smallest absolute Gasteiger partial charge is 0.321 e. The number of nitrogens with one attached hydrogen (secondary N) is 2. The summed E-state index contributed by atoms with van der Waals surface area (Å²) in [6, 6.07) is 10.5. The van der Waals surface area contributed by atoms with Crippen molar-refractivity contribution in [2.75, 3.05) is 32.1 Å². The van der Waals surface area contributed by atoms with Gasteiger partial charge in [0, 0.05) is 24.5 Å². The molecule has 0 saturated carbocycles. The molecule has 0 radical (unpaired) electrons. The Morgan fingerprint density at radius 1 is 1.21 bits per heavy atom. The van der Waals surface area contributed by atoms with Gasteiger partial charge in [0.15, 0.2) is 0 Å². The fourth-order valence-corrected chi connectivity index (χ4v) is 5.58. The highest BCUT2D eigenvalue weighted by atomic mass is 32.2. The summed E-state index contributed by atoms with van der Waals surface area (Å²) >= 11 is 1.27. The van der Waals surface area contributed by atoms with Crippen LogP contribution in [-0.2, 0) is 10.0 Å². The van der Waals surface area contributed by atoms with Gasteiger partial charge in [-0.2, -0.15) is 0 Å². The lowest BCUT2D eigenvalue weighted by Gasteiger charge is -2.32. The van der Waals surface area contributed by atoms with Gasteiger partial charge in [-0.3, -0.25) is 0 Å². The van der Waals surface area contributed by atoms with E-state index in [4.69, 9.17) is 4.74 Å². The van der Waals surface area contributed by atoms with Crippen molar-refractivity contribution in [1.29, 1.82) is 0 Å². The molecule has 1 aliphatic rings. The molecule has 1 aliphatic heterocycles. The van der Waals surface area contributed by atoms with Crippen molar-refractivity contribution in [3.05, 3.63) is 41.3 Å². The van der Waals surface area contributed by atoms with Crippen LogP contribution in [0.2, 0.25) is 0 Å². The second kappa shape index (κ2) is 8.93. The van der Waals surface area contributed by atoms with E-state index in [1.54, 1.807) is 36.3 Å². The van der Waals surface area contributed by atoms with Crippen LogP contribution in [0.5, 0.6) is 5.75 Å². The van der Waals surface area contributed by atoms with Crippen molar-refractivity contribution >= 4 is 33.1 Å². The van der Waals surface area contributed by atoms with Gasteiger partial charge in [0.1, 0.15) is 9.96 Å². The molecule has 152 valence electrons. The van der Waals surface area contributed by atoms with Crippen LogP contribution in [0.25, 0.3) is 0 Å². The van der Waals surface area contributed by atoms with Crippen LogP contribution in [0.1, 0.15) is 17.7 Å². The zero-order valence-electron chi connectivity index (χ0n) is 16.0. The van der Waals surface area contributed by atoms with Gasteiger partial charge in [0.05, 0.1) is 12.8 Å². The van der Waals surface area contributed by atoms with Crippen molar-refractivity contribution in [1.82, 2.24) is 9.62 Å². The van der Waals surface area contributed by atoms with Crippen LogP contribution < -0.4 is 14.8 Å². The molecule has 3 rings (SSSR count). The van der Waals surface area contributed by atoms with Gasteiger partial charge in [-0.1, -0.05) is 12.1 Å². The molecule has 0 atom stereocenters. The summed E-state index contributed by atoms with van der Waals surface area (Å²) in [5, 5.41) is 2.88. The van der Waals surface area contributed by atoms with Gasteiger partial charge in [-0.05, 0) is 49.9 Å². The van der Waals surface area contributed by atoms with E-state index in [9.17, 15) is 13.2 Å². The molecule has 28 heavy (non-hydrogen) atoms. The van der Waals surface area contributed by atoms with Crippen LogP contribution in [0.3, 0.4) is 0 Å². The third-order valence-electron chi connectivity index (χ3n) is 4.79. The third kappa shape index (κ3) is 5.03. The number of urea groups is 1. The highest BCUT2D eigenvalue weighted by Gasteiger charge is 2.25. The van der Waals surface area contributed by atoms with Gasteiger partial charge in [-0.15, -0.1) is 11.3 Å². The van der Waals surface area contributed by atoms with Crippen molar-refractivity contribution in [2.45, 2.75) is 24.0 Å². The molecular formula is C19H25N3O4S2. The topological polar surface area (TPSA) is 87.7 Å². The zero-order valence-corrected chi connectivity index (χ0v) is 17.6. The maximum Gasteiger partial charge on any atom is 0.321 e. The maximum absolute atomic E-state index is 12.5. The van der Waals surface area contributed by atoms with Gasteiger partial charge in [0.25, 0.3) is 0 Å². The standard InChI is InChI=1S/C19H25N3O4S2/c1-14-7-8-18(27-14)28(24,25)20-13-15-9-11-22(12-10-15)19(23)21-16-5-3-4-6-17(16)26-2/h3-8,15,20H,9-13H2,1-2H3,(H,21,23). The second-order valence-electron chi connectivity index (χ2n) is 6.78. The lowest BCUT2D eigenvalue weighted by atomic mass is 9.97. The number of aryl methyl sites for hydroxylation is 1. The number of likely N-dealkylation sites (tertiary alicyclic amines) is 1. The molecule has 1 aromatic heterocycles. The Hall–Kier alpha value is -2.10. The van der Waals surface area contributed by atoms with Crippen molar-refractivity contribution in [3.8, 4) is 5.75 Å². The predicted molar refractivity (Wildman–Crippen MR) is 111 cm³/mol. The van der Waals surface area contributed by atoms with E-state index in [0.717, 1.165) is 17.7 Å². The van der Waals surface area contributed by atoms with Crippen molar-refractivity contribution < 1.29 is 17.9 Å². The first-order chi connectivity index (χ1) is 13.4. The summed E-state index contributed by atoms with van der Waals surface area (Å²) in [4.78, 5) is 15.2. The number of ether oxygens (including phenoxy) is 1. The average molecular weight is 424 g/mol. The number of thiophene rings is 1. The summed E-state index contributed by atoms with van der Waals surface area (Å²) in [5.74, 6) is 0.829. The van der Waals surface area contributed by atoms with Gasteiger partial charge in [-0.25, -0.2) is 17.9 Å². The molecule has 0 aliphatic carbocycles. The van der Waals surface area contributed by atoms with E-state index < -0.39 is 10.0 Å². The highest BCUT2D eigenvalue weighted by molar-refractivity contribution is 7.91. The lowest BCUT2D eigenvalue weighted by molar-refractivity contribution is 0.183. The molecule has 7 nitrogen and oxygen atoms in total. The van der Waals surface area contributed by atoms with E-state index in [1.165, 1.54) is 11.3 Å². The number of carbonyl (C=O) groups is 1. The first-order valence-electron chi connectivity index (χ1n) is 9.14. The molecule has 2 heterocycles. The van der Waals surface area contributed by atoms with Crippen molar-refractivity contribution in [3.63, 3.8) is 0 Å². The molecule has 0 bridgehead atoms. The number of hydrogen-bond acceptors (Lipinski definition) is 5. The minimum atomic E-state index is -3.46. The Bertz CT molecular complexity index is 919. The average Bonchev–Trinajstić information content (AvgIpc) is 3.14. The third-order valence-corrected chi connectivity index (χ3v) is 7.71. The Kier molecular flexibility index (Phi) is 6.58. The van der Waals surface area contributed by atoms with Crippen LogP contribution in [0.15, 0.2) is 40.6 Å². The molecule has 0 spiro atoms. The van der Waals surface area contributed by atoms with E-state index >= 15 is 0 Å². The molecule has 1 saturated heterocycles. The van der Waals surface area contributed by atoms with Crippen molar-refractivity contribution in [2.24, 2.45) is 5.92 Å². The summed E-state index contributed by atoms with van der Waals surface area (Å²) in [7, 11) is -1.89. The second-order valence-corrected chi connectivity index (χ2v) is 10.1. The number of sulfonamides is 1. The predicted octanol–water partition coefficient (Wildman–Crippen LogP) is 3.29. The summed E-state index contributed by atoms with van der Waals surface area (Å²) < 4.78 is 33.0. The fraction of sp³-hybridized carbons (Fsp3) is 0.421. The normalized spacial score (nSPS) is 15.4. The summed E-state index contributed by atoms with van der Waals surface area (Å²) in [6.07, 6.45) is 1.51. The Labute approximate surface area is 169 Å². The molecule has 9 heteroatoms. The number of piperidine rings is 1. The zero-order chi connectivity index (χ0) is 20.1. The van der Waals surface area contributed by atoms with Crippen LogP contribution in [0.4, 0.5) is 10.5 Å². The lowest BCUT2D eigenvalue weighted by Crippen LogP contribution is -2.43. The number of hydrogen-bond donors (Lipinski definition) is 2. The molecule has 2 amide bonds. The summed E-state index contributed by atoms with van der Waals surface area (Å²) in [6.45, 7) is 3.45. The van der Waals surface area contributed by atoms with Gasteiger partial charge < -0.3 is 15.0 Å². The van der Waals surface area contributed by atoms with Crippen LogP contribution >= 0.6 is 11.3 Å². The van der Waals surface area contributed by atoms with E-state index in [-0.39, 0.29) is 11.9 Å². The first-order valence-corrected chi connectivity index (χ1v) is 11.4. The Morgan fingerprint density at radius 2 is 1.93 bits per heavy atom. The van der Waals surface area contributed by atoms with Crippen LogP contribution in [0, 0.1) is 12.8 Å². The number of rotatable bonds is 6. The van der Waals surface area contributed by atoms with E-state index in [1.807, 2.05) is 19.1 Å². The molecule has 2 aromatic rings. The quantitative estimate of drug-likeness (QED) is 0.746. The molecule has 1 fully saturated rings. The molecule has 1 aromatic carbocycles. The van der Waals surface area contributed by atoms with E-state index in [2.05, 4.69) is 10.0 Å². The Morgan fingerprint density at radius 3 is 2.57 bits per heavy atom. The van der Waals surface area contributed by atoms with Gasteiger partial charge in [0.2, 0.25) is 10.0 Å². The molecule has 2 N–H and O–H groups in total. The fourth-order valence-electron chi connectivity index (χ4n) is 3.14. The number of benzene rings is 1.